The number of aliphatic hydroxyl groups is 4. The summed E-state index contributed by atoms with van der Waals surface area (Å²) in [7, 11) is 0. The zero-order valence-corrected chi connectivity index (χ0v) is 17.1. The van der Waals surface area contributed by atoms with E-state index in [9.17, 15) is 50.8 Å². The van der Waals surface area contributed by atoms with E-state index < -0.39 is 82.6 Å². The van der Waals surface area contributed by atoms with Crippen molar-refractivity contribution < 1.29 is 59.8 Å². The summed E-state index contributed by atoms with van der Waals surface area (Å²) in [6.45, 7) is -0.697. The smallest absolute Gasteiger partial charge is 0.238 e. The van der Waals surface area contributed by atoms with Gasteiger partial charge in [-0.1, -0.05) is 0 Å². The van der Waals surface area contributed by atoms with Crippen molar-refractivity contribution in [2.45, 2.75) is 30.7 Å². The molecule has 2 aromatic carbocycles. The molecule has 3 aromatic rings. The first-order valence-electron chi connectivity index (χ1n) is 9.78. The molecule has 0 amide bonds. The molecule has 0 bridgehead atoms. The fraction of sp³-hybridized carbons (Fsp3) is 0.286. The van der Waals surface area contributed by atoms with Crippen LogP contribution >= 0.6 is 0 Å². The average molecular weight is 480 g/mol. The van der Waals surface area contributed by atoms with E-state index in [2.05, 4.69) is 0 Å². The SMILES string of the molecule is O=c1c(O)c(-c2cc(O)c(O)c(O)c2)oc2cc(OC3O[C@H](CO)[C@@H](O)[C@H](O)[C@H]3O)cc(O)c12. The number of ether oxygens (including phenoxy) is 2. The van der Waals surface area contributed by atoms with Gasteiger partial charge in [-0.15, -0.1) is 0 Å². The van der Waals surface area contributed by atoms with E-state index in [-0.39, 0.29) is 16.9 Å². The van der Waals surface area contributed by atoms with Crippen molar-refractivity contribution >= 4 is 11.0 Å². The molecule has 5 atom stereocenters. The molecular weight excluding hydrogens is 460 g/mol. The maximum Gasteiger partial charge on any atom is 0.238 e. The van der Waals surface area contributed by atoms with Gasteiger partial charge in [-0.3, -0.25) is 4.79 Å². The largest absolute Gasteiger partial charge is 0.507 e. The summed E-state index contributed by atoms with van der Waals surface area (Å²) in [5.74, 6) is -4.77. The van der Waals surface area contributed by atoms with Crippen LogP contribution in [0.25, 0.3) is 22.3 Å². The number of phenols is 4. The van der Waals surface area contributed by atoms with Gasteiger partial charge in [0, 0.05) is 17.7 Å². The molecule has 182 valence electrons. The van der Waals surface area contributed by atoms with Gasteiger partial charge in [0.2, 0.25) is 17.5 Å². The summed E-state index contributed by atoms with van der Waals surface area (Å²) in [5.41, 5.74) is -1.59. The van der Waals surface area contributed by atoms with E-state index in [1.54, 1.807) is 0 Å². The minimum atomic E-state index is -1.75. The summed E-state index contributed by atoms with van der Waals surface area (Å²) < 4.78 is 16.2. The van der Waals surface area contributed by atoms with Gasteiger partial charge in [-0.2, -0.15) is 0 Å². The summed E-state index contributed by atoms with van der Waals surface area (Å²) in [6.07, 6.45) is -7.94. The highest BCUT2D eigenvalue weighted by molar-refractivity contribution is 5.88. The van der Waals surface area contributed by atoms with Crippen LogP contribution in [-0.4, -0.2) is 83.3 Å². The van der Waals surface area contributed by atoms with Gasteiger partial charge in [0.1, 0.15) is 46.9 Å². The maximum atomic E-state index is 12.7. The third-order valence-corrected chi connectivity index (χ3v) is 5.36. The molecular formula is C21H20O13. The number of rotatable bonds is 4. The Morgan fingerprint density at radius 2 is 1.47 bits per heavy atom. The molecule has 0 aliphatic carbocycles. The summed E-state index contributed by atoms with van der Waals surface area (Å²) in [4.78, 5) is 12.7. The number of hydrogen-bond donors (Lipinski definition) is 9. The summed E-state index contributed by atoms with van der Waals surface area (Å²) in [5, 5.41) is 88.3. The maximum absolute atomic E-state index is 12.7. The van der Waals surface area contributed by atoms with E-state index in [1.807, 2.05) is 0 Å². The normalized spacial score (nSPS) is 24.9. The highest BCUT2D eigenvalue weighted by Gasteiger charge is 2.44. The Balaban J connectivity index is 1.78. The van der Waals surface area contributed by atoms with Crippen LogP contribution in [0.15, 0.2) is 33.5 Å². The molecule has 0 spiro atoms. The van der Waals surface area contributed by atoms with Crippen LogP contribution in [0.2, 0.25) is 0 Å². The van der Waals surface area contributed by atoms with Crippen LogP contribution in [0, 0.1) is 0 Å². The molecule has 13 heteroatoms. The van der Waals surface area contributed by atoms with Crippen molar-refractivity contribution in [3.8, 4) is 45.8 Å². The number of fused-ring (bicyclic) bond motifs is 1. The van der Waals surface area contributed by atoms with E-state index in [4.69, 9.17) is 13.9 Å². The molecule has 0 saturated carbocycles. The fourth-order valence-corrected chi connectivity index (χ4v) is 3.56. The third kappa shape index (κ3) is 3.81. The van der Waals surface area contributed by atoms with Gasteiger partial charge >= 0.3 is 0 Å². The molecule has 1 unspecified atom stereocenters. The Labute approximate surface area is 189 Å². The number of benzene rings is 2. The van der Waals surface area contributed by atoms with Crippen LogP contribution in [0.5, 0.6) is 34.5 Å². The van der Waals surface area contributed by atoms with Gasteiger partial charge < -0.3 is 59.8 Å². The number of aliphatic hydroxyl groups excluding tert-OH is 4. The first kappa shape index (κ1) is 23.4. The number of aromatic hydroxyl groups is 5. The molecule has 2 heterocycles. The quantitative estimate of drug-likeness (QED) is 0.208. The van der Waals surface area contributed by atoms with Crippen LogP contribution in [0.3, 0.4) is 0 Å². The highest BCUT2D eigenvalue weighted by atomic mass is 16.7. The van der Waals surface area contributed by atoms with Crippen LogP contribution in [0.4, 0.5) is 0 Å². The molecule has 1 aliphatic heterocycles. The minimum Gasteiger partial charge on any atom is -0.507 e. The monoisotopic (exact) mass is 480 g/mol. The molecule has 13 nitrogen and oxygen atoms in total. The lowest BCUT2D eigenvalue weighted by atomic mass is 9.99. The fourth-order valence-electron chi connectivity index (χ4n) is 3.56. The third-order valence-electron chi connectivity index (χ3n) is 5.36. The second-order valence-electron chi connectivity index (χ2n) is 7.60. The van der Waals surface area contributed by atoms with Crippen molar-refractivity contribution in [3.05, 3.63) is 34.5 Å². The van der Waals surface area contributed by atoms with Crippen molar-refractivity contribution in [1.29, 1.82) is 0 Å². The Hall–Kier alpha value is -3.75. The molecule has 1 aromatic heterocycles. The van der Waals surface area contributed by atoms with Gasteiger partial charge in [0.25, 0.3) is 0 Å². The average Bonchev–Trinajstić information content (AvgIpc) is 2.79. The summed E-state index contributed by atoms with van der Waals surface area (Å²) in [6, 6.07) is 3.85. The predicted molar refractivity (Wildman–Crippen MR) is 111 cm³/mol. The Morgan fingerprint density at radius 3 is 2.09 bits per heavy atom. The highest BCUT2D eigenvalue weighted by Crippen LogP contribution is 2.42. The predicted octanol–water partition coefficient (Wildman–Crippen LogP) is -0.833. The van der Waals surface area contributed by atoms with E-state index >= 15 is 0 Å². The Bertz CT molecular complexity index is 1280. The van der Waals surface area contributed by atoms with Crippen molar-refractivity contribution in [2.75, 3.05) is 6.61 Å². The van der Waals surface area contributed by atoms with Crippen LogP contribution < -0.4 is 10.2 Å². The zero-order valence-electron chi connectivity index (χ0n) is 17.1. The van der Waals surface area contributed by atoms with Gasteiger partial charge in [-0.05, 0) is 12.1 Å². The van der Waals surface area contributed by atoms with Crippen molar-refractivity contribution in [1.82, 2.24) is 0 Å². The van der Waals surface area contributed by atoms with Crippen molar-refractivity contribution in [3.63, 3.8) is 0 Å². The molecule has 0 radical (unpaired) electrons. The summed E-state index contributed by atoms with van der Waals surface area (Å²) >= 11 is 0. The lowest BCUT2D eigenvalue weighted by Crippen LogP contribution is -2.60. The van der Waals surface area contributed by atoms with Crippen molar-refractivity contribution in [2.24, 2.45) is 0 Å². The Morgan fingerprint density at radius 1 is 0.824 bits per heavy atom. The second kappa shape index (κ2) is 8.55. The Kier molecular flexibility index (Phi) is 5.89. The van der Waals surface area contributed by atoms with E-state index in [0.717, 1.165) is 24.3 Å². The minimum absolute atomic E-state index is 0.191. The second-order valence-corrected chi connectivity index (χ2v) is 7.60. The van der Waals surface area contributed by atoms with Gasteiger partial charge in [0.15, 0.2) is 23.0 Å². The molecule has 4 rings (SSSR count). The molecule has 1 saturated heterocycles. The molecule has 9 N–H and O–H groups in total. The molecule has 1 fully saturated rings. The van der Waals surface area contributed by atoms with E-state index in [1.165, 1.54) is 0 Å². The number of hydrogen-bond acceptors (Lipinski definition) is 13. The van der Waals surface area contributed by atoms with Gasteiger partial charge in [0.05, 0.1) is 6.61 Å². The van der Waals surface area contributed by atoms with E-state index in [0.29, 0.717) is 0 Å². The zero-order chi connectivity index (χ0) is 24.9. The first-order chi connectivity index (χ1) is 16.0. The molecule has 1 aliphatic rings. The number of phenolic OH excluding ortho intramolecular Hbond substituents is 4. The van der Waals surface area contributed by atoms with Crippen LogP contribution in [-0.2, 0) is 4.74 Å². The topological polar surface area (TPSA) is 231 Å². The standard InChI is InChI=1S/C21H20O13/c22-5-12-15(27)17(29)19(31)21(34-12)32-7-3-8(23)13-11(4-7)33-20(18(30)16(13)28)6-1-9(24)14(26)10(25)2-6/h1-4,12,15,17,19,21-27,29-31H,5H2/t12-,15-,17+,19-,21?/m1/s1. The molecule has 34 heavy (non-hydrogen) atoms. The van der Waals surface area contributed by atoms with Crippen LogP contribution in [0.1, 0.15) is 0 Å². The lowest BCUT2D eigenvalue weighted by Gasteiger charge is -2.39. The first-order valence-corrected chi connectivity index (χ1v) is 9.78. The van der Waals surface area contributed by atoms with Gasteiger partial charge in [-0.25, -0.2) is 0 Å². The lowest BCUT2D eigenvalue weighted by molar-refractivity contribution is -0.277.